The number of hydrogen-bond donors (Lipinski definition) is 3. The molecule has 0 unspecified atom stereocenters. The van der Waals surface area contributed by atoms with E-state index in [1.807, 2.05) is 23.6 Å². The Morgan fingerprint density at radius 2 is 2.33 bits per heavy atom. The van der Waals surface area contributed by atoms with Crippen molar-refractivity contribution in [2.24, 2.45) is 0 Å². The van der Waals surface area contributed by atoms with E-state index in [4.69, 9.17) is 17.0 Å². The molecule has 21 heavy (non-hydrogen) atoms. The third-order valence-electron chi connectivity index (χ3n) is 2.90. The minimum absolute atomic E-state index is 0.282. The molecule has 2 amide bonds. The van der Waals surface area contributed by atoms with Crippen LogP contribution in [-0.2, 0) is 6.54 Å². The Kier molecular flexibility index (Phi) is 4.94. The number of carbonyl (C=O) groups excluding carboxylic acids is 1. The Labute approximate surface area is 127 Å². The summed E-state index contributed by atoms with van der Waals surface area (Å²) in [6.07, 6.45) is 0. The summed E-state index contributed by atoms with van der Waals surface area (Å²) in [5.74, 6) is 1.48. The standard InChI is InChI=1S/C13H17N5O2S/c1-9-16-17-13(21)18(9)7-6-14-12(19)15-10-4-3-5-11(8-10)20-2/h3-5,8H,6-7H2,1-2H3,(H,17,21)(H2,14,15,19). The van der Waals surface area contributed by atoms with Gasteiger partial charge in [0, 0.05) is 24.8 Å². The number of amides is 2. The average molecular weight is 307 g/mol. The van der Waals surface area contributed by atoms with Crippen LogP contribution in [0.2, 0.25) is 0 Å². The number of nitrogens with zero attached hydrogens (tertiary/aromatic N) is 2. The largest absolute Gasteiger partial charge is 0.497 e. The first kappa shape index (κ1) is 15.0. The van der Waals surface area contributed by atoms with Crippen molar-refractivity contribution < 1.29 is 9.53 Å². The van der Waals surface area contributed by atoms with Gasteiger partial charge >= 0.3 is 6.03 Å². The highest BCUT2D eigenvalue weighted by Gasteiger charge is 2.04. The highest BCUT2D eigenvalue weighted by molar-refractivity contribution is 7.71. The second kappa shape index (κ2) is 6.89. The highest BCUT2D eigenvalue weighted by atomic mass is 32.1. The van der Waals surface area contributed by atoms with E-state index in [0.29, 0.717) is 29.3 Å². The van der Waals surface area contributed by atoms with Gasteiger partial charge in [0.15, 0.2) is 4.77 Å². The quantitative estimate of drug-likeness (QED) is 0.738. The number of rotatable bonds is 5. The zero-order valence-corrected chi connectivity index (χ0v) is 12.7. The van der Waals surface area contributed by atoms with Gasteiger partial charge in [-0.2, -0.15) is 5.10 Å². The van der Waals surface area contributed by atoms with Crippen LogP contribution in [0.25, 0.3) is 0 Å². The third kappa shape index (κ3) is 4.06. The number of aromatic nitrogens is 3. The van der Waals surface area contributed by atoms with Crippen molar-refractivity contribution in [3.05, 3.63) is 34.9 Å². The maximum atomic E-state index is 11.8. The topological polar surface area (TPSA) is 84.0 Å². The molecule has 8 heteroatoms. The van der Waals surface area contributed by atoms with Gasteiger partial charge in [-0.05, 0) is 31.3 Å². The van der Waals surface area contributed by atoms with Gasteiger partial charge in [0.25, 0.3) is 0 Å². The number of ether oxygens (including phenoxy) is 1. The molecule has 0 fully saturated rings. The number of H-pyrrole nitrogens is 1. The summed E-state index contributed by atoms with van der Waals surface area (Å²) < 4.78 is 7.46. The fourth-order valence-electron chi connectivity index (χ4n) is 1.82. The molecule has 1 heterocycles. The molecule has 0 bridgehead atoms. The van der Waals surface area contributed by atoms with Crippen molar-refractivity contribution in [2.75, 3.05) is 19.0 Å². The molecule has 112 valence electrons. The van der Waals surface area contributed by atoms with Crippen LogP contribution in [0.15, 0.2) is 24.3 Å². The van der Waals surface area contributed by atoms with E-state index in [0.717, 1.165) is 5.82 Å². The molecule has 7 nitrogen and oxygen atoms in total. The molecule has 0 saturated heterocycles. The fraction of sp³-hybridized carbons (Fsp3) is 0.308. The Morgan fingerprint density at radius 3 is 3.00 bits per heavy atom. The van der Waals surface area contributed by atoms with Crippen LogP contribution < -0.4 is 15.4 Å². The first-order chi connectivity index (χ1) is 10.1. The van der Waals surface area contributed by atoms with E-state index in [1.165, 1.54) is 0 Å². The van der Waals surface area contributed by atoms with E-state index in [-0.39, 0.29) is 6.03 Å². The number of benzene rings is 1. The van der Waals surface area contributed by atoms with Gasteiger partial charge in [0.1, 0.15) is 11.6 Å². The highest BCUT2D eigenvalue weighted by Crippen LogP contribution is 2.16. The summed E-state index contributed by atoms with van der Waals surface area (Å²) in [5.41, 5.74) is 0.669. The zero-order valence-electron chi connectivity index (χ0n) is 11.8. The van der Waals surface area contributed by atoms with Crippen molar-refractivity contribution in [1.29, 1.82) is 0 Å². The van der Waals surface area contributed by atoms with E-state index in [9.17, 15) is 4.79 Å². The van der Waals surface area contributed by atoms with Crippen LogP contribution in [0.1, 0.15) is 5.82 Å². The molecule has 2 rings (SSSR count). The van der Waals surface area contributed by atoms with E-state index >= 15 is 0 Å². The third-order valence-corrected chi connectivity index (χ3v) is 3.21. The zero-order chi connectivity index (χ0) is 15.2. The summed E-state index contributed by atoms with van der Waals surface area (Å²) in [7, 11) is 1.58. The first-order valence-corrected chi connectivity index (χ1v) is 6.81. The first-order valence-electron chi connectivity index (χ1n) is 6.41. The predicted molar refractivity (Wildman–Crippen MR) is 82.2 cm³/mol. The lowest BCUT2D eigenvalue weighted by Gasteiger charge is -2.09. The second-order valence-electron chi connectivity index (χ2n) is 4.34. The van der Waals surface area contributed by atoms with Gasteiger partial charge in [-0.3, -0.25) is 5.10 Å². The number of methoxy groups -OCH3 is 1. The average Bonchev–Trinajstić information content (AvgIpc) is 2.79. The minimum Gasteiger partial charge on any atom is -0.497 e. The van der Waals surface area contributed by atoms with Gasteiger partial charge in [0.05, 0.1) is 7.11 Å². The number of hydrogen-bond acceptors (Lipinski definition) is 4. The lowest BCUT2D eigenvalue weighted by Crippen LogP contribution is -2.31. The maximum Gasteiger partial charge on any atom is 0.319 e. The molecule has 1 aromatic carbocycles. The van der Waals surface area contributed by atoms with Gasteiger partial charge in [-0.1, -0.05) is 6.07 Å². The van der Waals surface area contributed by atoms with Crippen LogP contribution in [0.5, 0.6) is 5.75 Å². The van der Waals surface area contributed by atoms with E-state index in [1.54, 1.807) is 19.2 Å². The summed E-state index contributed by atoms with van der Waals surface area (Å²) in [4.78, 5) is 11.8. The summed E-state index contributed by atoms with van der Waals surface area (Å²) in [6.45, 7) is 2.86. The van der Waals surface area contributed by atoms with Crippen molar-refractivity contribution in [2.45, 2.75) is 13.5 Å². The molecule has 0 radical (unpaired) electrons. The lowest BCUT2D eigenvalue weighted by atomic mass is 10.3. The van der Waals surface area contributed by atoms with Crippen molar-refractivity contribution in [3.8, 4) is 5.75 Å². The molecular formula is C13H17N5O2S. The van der Waals surface area contributed by atoms with Crippen LogP contribution in [0.3, 0.4) is 0 Å². The van der Waals surface area contributed by atoms with Crippen molar-refractivity contribution >= 4 is 23.9 Å². The van der Waals surface area contributed by atoms with Gasteiger partial charge < -0.3 is 19.9 Å². The molecule has 0 saturated carbocycles. The molecule has 0 spiro atoms. The Morgan fingerprint density at radius 1 is 1.52 bits per heavy atom. The van der Waals surface area contributed by atoms with E-state index < -0.39 is 0 Å². The van der Waals surface area contributed by atoms with Crippen LogP contribution in [-0.4, -0.2) is 34.5 Å². The number of aryl methyl sites for hydroxylation is 1. The smallest absolute Gasteiger partial charge is 0.319 e. The van der Waals surface area contributed by atoms with Gasteiger partial charge in [0.2, 0.25) is 0 Å². The Bertz CT molecular complexity index is 679. The van der Waals surface area contributed by atoms with Crippen LogP contribution in [0.4, 0.5) is 10.5 Å². The molecule has 2 aromatic rings. The molecule has 1 aromatic heterocycles. The number of nitrogens with one attached hydrogen (secondary N) is 3. The minimum atomic E-state index is -0.282. The van der Waals surface area contributed by atoms with Crippen LogP contribution >= 0.6 is 12.2 Å². The molecule has 0 aliphatic carbocycles. The summed E-state index contributed by atoms with van der Waals surface area (Å²) >= 11 is 5.09. The molecule has 0 aliphatic heterocycles. The SMILES string of the molecule is COc1cccc(NC(=O)NCCn2c(C)n[nH]c2=S)c1. The van der Waals surface area contributed by atoms with E-state index in [2.05, 4.69) is 20.8 Å². The molecule has 0 atom stereocenters. The van der Waals surface area contributed by atoms with Crippen molar-refractivity contribution in [1.82, 2.24) is 20.1 Å². The van der Waals surface area contributed by atoms with Crippen molar-refractivity contribution in [3.63, 3.8) is 0 Å². The fourth-order valence-corrected chi connectivity index (χ4v) is 2.09. The second-order valence-corrected chi connectivity index (χ2v) is 4.73. The molecule has 0 aliphatic rings. The van der Waals surface area contributed by atoms with Gasteiger partial charge in [-0.15, -0.1) is 0 Å². The lowest BCUT2D eigenvalue weighted by molar-refractivity contribution is 0.251. The monoisotopic (exact) mass is 307 g/mol. The number of carbonyl (C=O) groups is 1. The van der Waals surface area contributed by atoms with Gasteiger partial charge in [-0.25, -0.2) is 4.79 Å². The predicted octanol–water partition coefficient (Wildman–Crippen LogP) is 2.08. The Balaban J connectivity index is 1.83. The summed E-state index contributed by atoms with van der Waals surface area (Å²) in [6, 6.07) is 6.87. The molecule has 3 N–H and O–H groups in total. The number of urea groups is 1. The van der Waals surface area contributed by atoms with Crippen LogP contribution in [0, 0.1) is 11.7 Å². The summed E-state index contributed by atoms with van der Waals surface area (Å²) in [5, 5.41) is 12.2. The Hall–Kier alpha value is -2.35. The molecular weight excluding hydrogens is 290 g/mol. The normalized spacial score (nSPS) is 10.2. The number of anilines is 1. The number of aromatic amines is 1. The maximum absolute atomic E-state index is 11.8.